The molecule has 0 aliphatic carbocycles. The number of hydrogen-bond donors (Lipinski definition) is 1. The molecule has 1 atom stereocenters. The van der Waals surface area contributed by atoms with Gasteiger partial charge >= 0.3 is 0 Å². The van der Waals surface area contributed by atoms with Gasteiger partial charge in [0.15, 0.2) is 0 Å². The lowest BCUT2D eigenvalue weighted by Crippen LogP contribution is -2.49. The highest BCUT2D eigenvalue weighted by Gasteiger charge is 2.28. The van der Waals surface area contributed by atoms with Crippen LogP contribution in [-0.4, -0.2) is 35.9 Å². The predicted molar refractivity (Wildman–Crippen MR) is 120 cm³/mol. The van der Waals surface area contributed by atoms with Crippen molar-refractivity contribution >= 4 is 11.8 Å². The lowest BCUT2D eigenvalue weighted by atomic mass is 10.1. The number of hydrogen-bond acceptors (Lipinski definition) is 3. The Kier molecular flexibility index (Phi) is 9.39. The first-order valence-electron chi connectivity index (χ1n) is 10.8. The molecule has 5 heteroatoms. The molecule has 2 amide bonds. The van der Waals surface area contributed by atoms with E-state index in [9.17, 15) is 9.59 Å². The predicted octanol–water partition coefficient (Wildman–Crippen LogP) is 4.41. The van der Waals surface area contributed by atoms with Gasteiger partial charge in [0.1, 0.15) is 11.8 Å². The van der Waals surface area contributed by atoms with Crippen molar-refractivity contribution in [1.82, 2.24) is 10.2 Å². The van der Waals surface area contributed by atoms with Crippen molar-refractivity contribution in [2.24, 2.45) is 0 Å². The van der Waals surface area contributed by atoms with Crippen LogP contribution in [0, 0.1) is 13.8 Å². The number of aryl methyl sites for hydroxylation is 2. The molecule has 0 heterocycles. The normalized spacial score (nSPS) is 11.6. The largest absolute Gasteiger partial charge is 0.494 e. The molecule has 0 aliphatic heterocycles. The van der Waals surface area contributed by atoms with Gasteiger partial charge in [-0.05, 0) is 51.3 Å². The van der Waals surface area contributed by atoms with Crippen molar-refractivity contribution in [2.45, 2.75) is 59.5 Å². The maximum atomic E-state index is 13.1. The molecular formula is C25H34N2O3. The summed E-state index contributed by atoms with van der Waals surface area (Å²) in [4.78, 5) is 27.4. The maximum Gasteiger partial charge on any atom is 0.242 e. The number of carbonyl (C=O) groups excluding carboxylic acids is 2. The Morgan fingerprint density at radius 1 is 1.03 bits per heavy atom. The molecule has 30 heavy (non-hydrogen) atoms. The van der Waals surface area contributed by atoms with Gasteiger partial charge in [-0.1, -0.05) is 54.4 Å². The molecule has 0 radical (unpaired) electrons. The first-order chi connectivity index (χ1) is 14.4. The Hall–Kier alpha value is -2.82. The van der Waals surface area contributed by atoms with Gasteiger partial charge in [-0.15, -0.1) is 0 Å². The van der Waals surface area contributed by atoms with E-state index in [1.165, 1.54) is 5.56 Å². The van der Waals surface area contributed by atoms with Crippen molar-refractivity contribution in [3.05, 3.63) is 65.2 Å². The number of amides is 2. The van der Waals surface area contributed by atoms with Gasteiger partial charge in [0.05, 0.1) is 6.61 Å². The van der Waals surface area contributed by atoms with Gasteiger partial charge in [0.25, 0.3) is 0 Å². The Morgan fingerprint density at radius 3 is 2.40 bits per heavy atom. The molecule has 2 aromatic rings. The van der Waals surface area contributed by atoms with Gasteiger partial charge in [-0.25, -0.2) is 0 Å². The Bertz CT molecular complexity index is 817. The van der Waals surface area contributed by atoms with E-state index in [0.29, 0.717) is 39.0 Å². The second-order valence-corrected chi connectivity index (χ2v) is 7.59. The first-order valence-corrected chi connectivity index (χ1v) is 10.8. The van der Waals surface area contributed by atoms with E-state index in [1.807, 2.05) is 70.2 Å². The minimum absolute atomic E-state index is 0.0258. The smallest absolute Gasteiger partial charge is 0.242 e. The minimum atomic E-state index is -0.476. The molecule has 1 N–H and O–H groups in total. The second kappa shape index (κ2) is 12.0. The summed E-state index contributed by atoms with van der Waals surface area (Å²) < 4.78 is 5.75. The van der Waals surface area contributed by atoms with Crippen LogP contribution < -0.4 is 10.1 Å². The summed E-state index contributed by atoms with van der Waals surface area (Å²) in [7, 11) is 0. The number of nitrogens with zero attached hydrogens (tertiary/aromatic N) is 1. The van der Waals surface area contributed by atoms with Crippen LogP contribution in [0.4, 0.5) is 0 Å². The summed E-state index contributed by atoms with van der Waals surface area (Å²) in [6.45, 7) is 9.33. The van der Waals surface area contributed by atoms with Crippen LogP contribution >= 0.6 is 0 Å². The summed E-state index contributed by atoms with van der Waals surface area (Å²) in [6.07, 6.45) is 1.51. The van der Waals surface area contributed by atoms with Gasteiger partial charge in [0, 0.05) is 19.5 Å². The molecule has 0 spiro atoms. The van der Waals surface area contributed by atoms with Crippen LogP contribution in [0.5, 0.6) is 5.75 Å². The summed E-state index contributed by atoms with van der Waals surface area (Å²) in [5.74, 6) is 0.678. The molecular weight excluding hydrogens is 376 g/mol. The highest BCUT2D eigenvalue weighted by molar-refractivity contribution is 5.87. The van der Waals surface area contributed by atoms with Crippen molar-refractivity contribution < 1.29 is 14.3 Å². The lowest BCUT2D eigenvalue weighted by Gasteiger charge is -2.30. The van der Waals surface area contributed by atoms with Crippen LogP contribution in [-0.2, 0) is 16.1 Å². The van der Waals surface area contributed by atoms with E-state index >= 15 is 0 Å². The second-order valence-electron chi connectivity index (χ2n) is 7.59. The molecule has 0 aromatic heterocycles. The highest BCUT2D eigenvalue weighted by Crippen LogP contribution is 2.16. The zero-order valence-electron chi connectivity index (χ0n) is 18.6. The number of benzene rings is 2. The fourth-order valence-electron chi connectivity index (χ4n) is 3.41. The van der Waals surface area contributed by atoms with Crippen LogP contribution in [0.3, 0.4) is 0 Å². The summed E-state index contributed by atoms with van der Waals surface area (Å²) in [6, 6.07) is 15.5. The third-order valence-electron chi connectivity index (χ3n) is 5.00. The maximum absolute atomic E-state index is 13.1. The molecule has 5 nitrogen and oxygen atoms in total. The molecule has 2 rings (SSSR count). The first kappa shape index (κ1) is 23.5. The number of likely N-dealkylation sites (N-methyl/N-ethyl adjacent to an activating group) is 1. The fourth-order valence-corrected chi connectivity index (χ4v) is 3.41. The van der Waals surface area contributed by atoms with Crippen LogP contribution in [0.15, 0.2) is 48.5 Å². The van der Waals surface area contributed by atoms with Crippen molar-refractivity contribution in [1.29, 1.82) is 0 Å². The van der Waals surface area contributed by atoms with Gasteiger partial charge < -0.3 is 15.0 Å². The third kappa shape index (κ3) is 7.21. The Morgan fingerprint density at radius 2 is 1.77 bits per heavy atom. The van der Waals surface area contributed by atoms with E-state index in [0.717, 1.165) is 16.9 Å². The van der Waals surface area contributed by atoms with Crippen molar-refractivity contribution in [2.75, 3.05) is 13.2 Å². The molecule has 2 aromatic carbocycles. The fraction of sp³-hybridized carbons (Fsp3) is 0.440. The summed E-state index contributed by atoms with van der Waals surface area (Å²) in [5.41, 5.74) is 3.35. The molecule has 0 saturated heterocycles. The van der Waals surface area contributed by atoms with Gasteiger partial charge in [-0.2, -0.15) is 0 Å². The third-order valence-corrected chi connectivity index (χ3v) is 5.00. The molecule has 0 fully saturated rings. The number of ether oxygens (including phenoxy) is 1. The molecule has 0 saturated carbocycles. The lowest BCUT2D eigenvalue weighted by molar-refractivity contribution is -0.141. The number of carbonyl (C=O) groups is 2. The zero-order chi connectivity index (χ0) is 21.9. The van der Waals surface area contributed by atoms with E-state index in [2.05, 4.69) is 11.4 Å². The number of rotatable bonds is 11. The summed E-state index contributed by atoms with van der Waals surface area (Å²) >= 11 is 0. The van der Waals surface area contributed by atoms with E-state index in [1.54, 1.807) is 4.90 Å². The van der Waals surface area contributed by atoms with E-state index in [4.69, 9.17) is 4.74 Å². The Balaban J connectivity index is 2.02. The average molecular weight is 411 g/mol. The van der Waals surface area contributed by atoms with Crippen LogP contribution in [0.2, 0.25) is 0 Å². The molecule has 1 unspecified atom stereocenters. The zero-order valence-corrected chi connectivity index (χ0v) is 18.6. The molecule has 162 valence electrons. The van der Waals surface area contributed by atoms with E-state index in [-0.39, 0.29) is 11.8 Å². The molecule has 0 aliphatic rings. The van der Waals surface area contributed by atoms with Gasteiger partial charge in [-0.3, -0.25) is 9.59 Å². The minimum Gasteiger partial charge on any atom is -0.494 e. The van der Waals surface area contributed by atoms with E-state index < -0.39 is 6.04 Å². The van der Waals surface area contributed by atoms with Crippen LogP contribution in [0.25, 0.3) is 0 Å². The SMILES string of the molecule is CCNC(=O)C(CC)N(Cc1cccc(C)c1)C(=O)CCCOc1ccc(C)cc1. The van der Waals surface area contributed by atoms with Gasteiger partial charge in [0.2, 0.25) is 11.8 Å². The quantitative estimate of drug-likeness (QED) is 0.559. The monoisotopic (exact) mass is 410 g/mol. The average Bonchev–Trinajstić information content (AvgIpc) is 2.72. The highest BCUT2D eigenvalue weighted by atomic mass is 16.5. The standard InChI is InChI=1S/C25H34N2O3/c1-5-23(25(29)26-6-2)27(18-21-10-7-9-20(4)17-21)24(28)11-8-16-30-22-14-12-19(3)13-15-22/h7,9-10,12-15,17,23H,5-6,8,11,16,18H2,1-4H3,(H,26,29). The Labute approximate surface area is 180 Å². The van der Waals surface area contributed by atoms with Crippen molar-refractivity contribution in [3.63, 3.8) is 0 Å². The topological polar surface area (TPSA) is 58.6 Å². The summed E-state index contributed by atoms with van der Waals surface area (Å²) in [5, 5.41) is 2.86. The van der Waals surface area contributed by atoms with Crippen molar-refractivity contribution in [3.8, 4) is 5.75 Å². The molecule has 0 bridgehead atoms. The number of nitrogens with one attached hydrogen (secondary N) is 1. The van der Waals surface area contributed by atoms with Crippen LogP contribution in [0.1, 0.15) is 49.8 Å².